The van der Waals surface area contributed by atoms with Gasteiger partial charge in [-0.3, -0.25) is 9.21 Å². The molecular formula is C26H27FN2O4S. The van der Waals surface area contributed by atoms with Gasteiger partial charge in [0.15, 0.2) is 11.5 Å². The Morgan fingerprint density at radius 1 is 0.941 bits per heavy atom. The fourth-order valence-corrected chi connectivity index (χ4v) is 6.25. The lowest BCUT2D eigenvalue weighted by Gasteiger charge is -2.39. The second kappa shape index (κ2) is 9.27. The Bertz CT molecular complexity index is 1250. The molecular weight excluding hydrogens is 455 g/mol. The van der Waals surface area contributed by atoms with Crippen molar-refractivity contribution < 1.29 is 22.3 Å². The van der Waals surface area contributed by atoms with Gasteiger partial charge in [-0.1, -0.05) is 29.8 Å². The molecule has 8 heteroatoms. The predicted octanol–water partition coefficient (Wildman–Crippen LogP) is 4.72. The minimum Gasteiger partial charge on any atom is -0.454 e. The zero-order chi connectivity index (χ0) is 23.7. The van der Waals surface area contributed by atoms with E-state index in [1.165, 1.54) is 12.1 Å². The highest BCUT2D eigenvalue weighted by Gasteiger charge is 2.35. The monoisotopic (exact) mass is 482 g/mol. The summed E-state index contributed by atoms with van der Waals surface area (Å²) in [6.45, 7) is 4.26. The molecule has 6 nitrogen and oxygen atoms in total. The molecule has 0 amide bonds. The van der Waals surface area contributed by atoms with Crippen molar-refractivity contribution in [2.45, 2.75) is 37.2 Å². The van der Waals surface area contributed by atoms with Crippen LogP contribution >= 0.6 is 0 Å². The standard InChI is InChI=1S/C26H27FN2O4S/c1-19-2-9-24(10-3-19)34(30,31)29(23-8-11-25-26(16-23)33-18-32-25)22-12-14-28(15-13-22)17-20-4-6-21(27)7-5-20/h2-11,16,22H,12-15,17-18H2,1H3. The fraction of sp³-hybridized carbons (Fsp3) is 0.308. The molecule has 3 aromatic rings. The lowest BCUT2D eigenvalue weighted by Crippen LogP contribution is -2.47. The second-order valence-corrected chi connectivity index (χ2v) is 10.6. The largest absolute Gasteiger partial charge is 0.454 e. The second-order valence-electron chi connectivity index (χ2n) is 8.79. The van der Waals surface area contributed by atoms with Gasteiger partial charge in [-0.25, -0.2) is 12.8 Å². The molecule has 0 unspecified atom stereocenters. The summed E-state index contributed by atoms with van der Waals surface area (Å²) in [6, 6.07) is 18.6. The first kappa shape index (κ1) is 22.7. The number of fused-ring (bicyclic) bond motifs is 1. The van der Waals surface area contributed by atoms with Crippen LogP contribution in [0.5, 0.6) is 11.5 Å². The van der Waals surface area contributed by atoms with Gasteiger partial charge in [0, 0.05) is 31.7 Å². The molecule has 1 fully saturated rings. The zero-order valence-corrected chi connectivity index (χ0v) is 19.8. The molecule has 0 saturated carbocycles. The van der Waals surface area contributed by atoms with Crippen LogP contribution in [0.1, 0.15) is 24.0 Å². The van der Waals surface area contributed by atoms with E-state index in [-0.39, 0.29) is 23.5 Å². The number of halogens is 1. The van der Waals surface area contributed by atoms with Crippen LogP contribution < -0.4 is 13.8 Å². The average molecular weight is 483 g/mol. The highest BCUT2D eigenvalue weighted by Crippen LogP contribution is 2.39. The summed E-state index contributed by atoms with van der Waals surface area (Å²) in [5.41, 5.74) is 2.62. The summed E-state index contributed by atoms with van der Waals surface area (Å²) in [5.74, 6) is 0.920. The molecule has 5 rings (SSSR count). The molecule has 0 spiro atoms. The maximum absolute atomic E-state index is 13.9. The van der Waals surface area contributed by atoms with E-state index in [9.17, 15) is 12.8 Å². The van der Waals surface area contributed by atoms with Crippen molar-refractivity contribution in [1.29, 1.82) is 0 Å². The van der Waals surface area contributed by atoms with Crippen LogP contribution in [-0.4, -0.2) is 39.2 Å². The molecule has 2 aliphatic rings. The van der Waals surface area contributed by atoms with Gasteiger partial charge in [-0.2, -0.15) is 0 Å². The summed E-state index contributed by atoms with van der Waals surface area (Å²) in [4.78, 5) is 2.55. The van der Waals surface area contributed by atoms with E-state index in [0.29, 0.717) is 36.6 Å². The van der Waals surface area contributed by atoms with Crippen molar-refractivity contribution in [3.05, 3.63) is 83.7 Å². The first-order chi connectivity index (χ1) is 16.4. The SMILES string of the molecule is Cc1ccc(S(=O)(=O)N(c2ccc3c(c2)OCO3)C2CCN(Cc3ccc(F)cc3)CC2)cc1. The van der Waals surface area contributed by atoms with E-state index in [1.54, 1.807) is 46.8 Å². The number of piperidine rings is 1. The Morgan fingerprint density at radius 2 is 1.62 bits per heavy atom. The summed E-state index contributed by atoms with van der Waals surface area (Å²) < 4.78 is 53.4. The molecule has 3 aromatic carbocycles. The minimum absolute atomic E-state index is 0.130. The zero-order valence-electron chi connectivity index (χ0n) is 19.0. The van der Waals surface area contributed by atoms with Gasteiger partial charge in [-0.05, 0) is 61.7 Å². The molecule has 2 heterocycles. The number of aryl methyl sites for hydroxylation is 1. The number of benzene rings is 3. The van der Waals surface area contributed by atoms with E-state index in [0.717, 1.165) is 24.2 Å². The first-order valence-corrected chi connectivity index (χ1v) is 12.8. The number of hydrogen-bond acceptors (Lipinski definition) is 5. The lowest BCUT2D eigenvalue weighted by atomic mass is 10.0. The number of rotatable bonds is 6. The van der Waals surface area contributed by atoms with Crippen LogP contribution in [0.3, 0.4) is 0 Å². The molecule has 0 atom stereocenters. The molecule has 1 saturated heterocycles. The quantitative estimate of drug-likeness (QED) is 0.509. The third kappa shape index (κ3) is 4.60. The normalized spacial score (nSPS) is 16.5. The maximum Gasteiger partial charge on any atom is 0.264 e. The first-order valence-electron chi connectivity index (χ1n) is 11.4. The number of ether oxygens (including phenoxy) is 2. The van der Waals surface area contributed by atoms with Gasteiger partial charge in [-0.15, -0.1) is 0 Å². The molecule has 178 valence electrons. The van der Waals surface area contributed by atoms with E-state index in [2.05, 4.69) is 4.90 Å². The Labute approximate surface area is 199 Å². The number of hydrogen-bond donors (Lipinski definition) is 0. The van der Waals surface area contributed by atoms with Crippen molar-refractivity contribution in [1.82, 2.24) is 4.90 Å². The van der Waals surface area contributed by atoms with Crippen LogP contribution in [0, 0.1) is 12.7 Å². The fourth-order valence-electron chi connectivity index (χ4n) is 4.55. The molecule has 0 aliphatic carbocycles. The van der Waals surface area contributed by atoms with Crippen LogP contribution in [0.4, 0.5) is 10.1 Å². The average Bonchev–Trinajstić information content (AvgIpc) is 3.30. The Kier molecular flexibility index (Phi) is 6.18. The molecule has 0 radical (unpaired) electrons. The van der Waals surface area contributed by atoms with E-state index >= 15 is 0 Å². The van der Waals surface area contributed by atoms with Gasteiger partial charge >= 0.3 is 0 Å². The topological polar surface area (TPSA) is 59.1 Å². The summed E-state index contributed by atoms with van der Waals surface area (Å²) in [6.07, 6.45) is 1.36. The summed E-state index contributed by atoms with van der Waals surface area (Å²) >= 11 is 0. The van der Waals surface area contributed by atoms with Crippen LogP contribution in [-0.2, 0) is 16.6 Å². The maximum atomic E-state index is 13.9. The van der Waals surface area contributed by atoms with Crippen molar-refractivity contribution in [2.24, 2.45) is 0 Å². The number of likely N-dealkylation sites (tertiary alicyclic amines) is 1. The van der Waals surface area contributed by atoms with Gasteiger partial charge in [0.25, 0.3) is 10.0 Å². The minimum atomic E-state index is -3.79. The predicted molar refractivity (Wildman–Crippen MR) is 128 cm³/mol. The highest BCUT2D eigenvalue weighted by atomic mass is 32.2. The van der Waals surface area contributed by atoms with Crippen LogP contribution in [0.15, 0.2) is 71.6 Å². The third-order valence-corrected chi connectivity index (χ3v) is 8.29. The van der Waals surface area contributed by atoms with Crippen molar-refractivity contribution >= 4 is 15.7 Å². The third-order valence-electron chi connectivity index (χ3n) is 6.40. The van der Waals surface area contributed by atoms with Gasteiger partial charge in [0.05, 0.1) is 10.6 Å². The Morgan fingerprint density at radius 3 is 2.32 bits per heavy atom. The van der Waals surface area contributed by atoms with Gasteiger partial charge < -0.3 is 9.47 Å². The van der Waals surface area contributed by atoms with Crippen molar-refractivity contribution in [2.75, 3.05) is 24.2 Å². The Hall–Kier alpha value is -3.10. The van der Waals surface area contributed by atoms with E-state index in [4.69, 9.17) is 9.47 Å². The molecule has 0 aromatic heterocycles. The van der Waals surface area contributed by atoms with E-state index < -0.39 is 10.0 Å². The number of sulfonamides is 1. The number of anilines is 1. The molecule has 34 heavy (non-hydrogen) atoms. The van der Waals surface area contributed by atoms with Gasteiger partial charge in [0.2, 0.25) is 6.79 Å². The lowest BCUT2D eigenvalue weighted by molar-refractivity contribution is 0.174. The molecule has 0 N–H and O–H groups in total. The van der Waals surface area contributed by atoms with E-state index in [1.807, 2.05) is 19.1 Å². The highest BCUT2D eigenvalue weighted by molar-refractivity contribution is 7.92. The molecule has 2 aliphatic heterocycles. The number of nitrogens with zero attached hydrogens (tertiary/aromatic N) is 2. The smallest absolute Gasteiger partial charge is 0.264 e. The van der Waals surface area contributed by atoms with Crippen LogP contribution in [0.25, 0.3) is 0 Å². The van der Waals surface area contributed by atoms with Gasteiger partial charge in [0.1, 0.15) is 5.82 Å². The van der Waals surface area contributed by atoms with Crippen molar-refractivity contribution in [3.63, 3.8) is 0 Å². The summed E-state index contributed by atoms with van der Waals surface area (Å²) in [7, 11) is -3.79. The Balaban J connectivity index is 1.41. The van der Waals surface area contributed by atoms with Crippen molar-refractivity contribution in [3.8, 4) is 11.5 Å². The van der Waals surface area contributed by atoms with Crippen LogP contribution in [0.2, 0.25) is 0 Å². The molecule has 0 bridgehead atoms. The summed E-state index contributed by atoms with van der Waals surface area (Å²) in [5, 5.41) is 0.